The van der Waals surface area contributed by atoms with E-state index in [2.05, 4.69) is 0 Å². The molecule has 0 bridgehead atoms. The Morgan fingerprint density at radius 1 is 1.50 bits per heavy atom. The number of methoxy groups -OCH3 is 1. The number of aliphatic hydroxyl groups excluding tert-OH is 1. The second-order valence-corrected chi connectivity index (χ2v) is 3.40. The molecule has 0 aromatic heterocycles. The average molecular weight is 198 g/mol. The lowest BCUT2D eigenvalue weighted by atomic mass is 9.98. The topological polar surface area (TPSA) is 29.5 Å². The molecule has 1 aromatic rings. The van der Waals surface area contributed by atoms with E-state index in [1.165, 1.54) is 7.11 Å². The van der Waals surface area contributed by atoms with Gasteiger partial charge in [-0.1, -0.05) is 13.0 Å². The molecule has 0 amide bonds. The Bertz CT molecular complexity index is 323. The van der Waals surface area contributed by atoms with Gasteiger partial charge in [-0.05, 0) is 18.6 Å². The van der Waals surface area contributed by atoms with Gasteiger partial charge in [-0.2, -0.15) is 0 Å². The third-order valence-corrected chi connectivity index (χ3v) is 2.32. The summed E-state index contributed by atoms with van der Waals surface area (Å²) in [4.78, 5) is 0. The summed E-state index contributed by atoms with van der Waals surface area (Å²) in [7, 11) is 1.50. The van der Waals surface area contributed by atoms with Crippen molar-refractivity contribution in [2.24, 2.45) is 0 Å². The monoisotopic (exact) mass is 198 g/mol. The van der Waals surface area contributed by atoms with Crippen molar-refractivity contribution in [3.8, 4) is 5.75 Å². The van der Waals surface area contributed by atoms with Crippen LogP contribution in [0.3, 0.4) is 0 Å². The van der Waals surface area contributed by atoms with E-state index < -0.39 is 0 Å². The number of ether oxygens (including phenoxy) is 1. The molecule has 1 N–H and O–H groups in total. The van der Waals surface area contributed by atoms with Crippen molar-refractivity contribution in [1.29, 1.82) is 0 Å². The molecule has 1 rings (SSSR count). The zero-order chi connectivity index (χ0) is 10.7. The molecule has 0 aliphatic heterocycles. The number of aliphatic hydroxyl groups is 1. The lowest BCUT2D eigenvalue weighted by Crippen LogP contribution is -2.06. The van der Waals surface area contributed by atoms with Gasteiger partial charge in [-0.25, -0.2) is 4.39 Å². The zero-order valence-electron chi connectivity index (χ0n) is 8.67. The van der Waals surface area contributed by atoms with Crippen LogP contribution in [0.2, 0.25) is 0 Å². The molecule has 2 nitrogen and oxygen atoms in total. The first-order chi connectivity index (χ1) is 6.61. The molecule has 3 heteroatoms. The standard InChI is InChI=1S/C11H15FO2/c1-7-4-5-9(14-3)10(11(7)12)8(2)6-13/h4-5,8,13H,6H2,1-3H3. The molecule has 1 atom stereocenters. The van der Waals surface area contributed by atoms with Crippen molar-refractivity contribution < 1.29 is 14.2 Å². The highest BCUT2D eigenvalue weighted by atomic mass is 19.1. The molecule has 0 radical (unpaired) electrons. The number of benzene rings is 1. The Labute approximate surface area is 83.3 Å². The third-order valence-electron chi connectivity index (χ3n) is 2.32. The minimum absolute atomic E-state index is 0.0866. The number of aryl methyl sites for hydroxylation is 1. The third kappa shape index (κ3) is 1.87. The average Bonchev–Trinajstić information content (AvgIpc) is 2.20. The van der Waals surface area contributed by atoms with Crippen molar-refractivity contribution in [3.05, 3.63) is 29.1 Å². The summed E-state index contributed by atoms with van der Waals surface area (Å²) in [6.07, 6.45) is 0. The maximum atomic E-state index is 13.7. The molecule has 0 fully saturated rings. The largest absolute Gasteiger partial charge is 0.496 e. The number of rotatable bonds is 3. The van der Waals surface area contributed by atoms with Crippen LogP contribution in [0.5, 0.6) is 5.75 Å². The summed E-state index contributed by atoms with van der Waals surface area (Å²) in [5, 5.41) is 9.00. The van der Waals surface area contributed by atoms with E-state index in [0.717, 1.165) is 0 Å². The van der Waals surface area contributed by atoms with Gasteiger partial charge in [0.05, 0.1) is 7.11 Å². The van der Waals surface area contributed by atoms with E-state index in [9.17, 15) is 4.39 Å². The van der Waals surface area contributed by atoms with Gasteiger partial charge in [0.1, 0.15) is 11.6 Å². The smallest absolute Gasteiger partial charge is 0.133 e. The molecule has 0 heterocycles. The molecular formula is C11H15FO2. The summed E-state index contributed by atoms with van der Waals surface area (Å²) in [5.74, 6) is -0.0367. The first-order valence-electron chi connectivity index (χ1n) is 4.55. The number of halogens is 1. The van der Waals surface area contributed by atoms with E-state index in [4.69, 9.17) is 9.84 Å². The quantitative estimate of drug-likeness (QED) is 0.807. The van der Waals surface area contributed by atoms with E-state index in [-0.39, 0.29) is 18.3 Å². The lowest BCUT2D eigenvalue weighted by Gasteiger charge is -2.15. The molecular weight excluding hydrogens is 183 g/mol. The Balaban J connectivity index is 3.27. The molecule has 0 aliphatic rings. The summed E-state index contributed by atoms with van der Waals surface area (Å²) >= 11 is 0. The Kier molecular flexibility index (Phi) is 3.47. The first-order valence-corrected chi connectivity index (χ1v) is 4.55. The first kappa shape index (κ1) is 11.0. The summed E-state index contributed by atoms with van der Waals surface area (Å²) in [5.41, 5.74) is 1.02. The Morgan fingerprint density at radius 2 is 2.14 bits per heavy atom. The summed E-state index contributed by atoms with van der Waals surface area (Å²) in [6.45, 7) is 3.37. The van der Waals surface area contributed by atoms with E-state index in [0.29, 0.717) is 16.9 Å². The van der Waals surface area contributed by atoms with Crippen LogP contribution in [0.4, 0.5) is 4.39 Å². The minimum Gasteiger partial charge on any atom is -0.496 e. The van der Waals surface area contributed by atoms with E-state index in [1.807, 2.05) is 0 Å². The van der Waals surface area contributed by atoms with Crippen LogP contribution < -0.4 is 4.74 Å². The summed E-state index contributed by atoms with van der Waals surface area (Å²) in [6, 6.07) is 3.39. The maximum absolute atomic E-state index is 13.7. The molecule has 1 unspecified atom stereocenters. The second-order valence-electron chi connectivity index (χ2n) is 3.40. The van der Waals surface area contributed by atoms with Gasteiger partial charge >= 0.3 is 0 Å². The highest BCUT2D eigenvalue weighted by Gasteiger charge is 2.17. The van der Waals surface area contributed by atoms with Crippen LogP contribution in [0, 0.1) is 12.7 Å². The molecule has 0 saturated heterocycles. The molecule has 14 heavy (non-hydrogen) atoms. The predicted octanol–water partition coefficient (Wildman–Crippen LogP) is 2.24. The van der Waals surface area contributed by atoms with Crippen LogP contribution in [-0.4, -0.2) is 18.8 Å². The predicted molar refractivity (Wildman–Crippen MR) is 53.2 cm³/mol. The molecule has 0 aliphatic carbocycles. The summed E-state index contributed by atoms with van der Waals surface area (Å²) < 4.78 is 18.7. The zero-order valence-corrected chi connectivity index (χ0v) is 8.67. The van der Waals surface area contributed by atoms with E-state index in [1.54, 1.807) is 26.0 Å². The molecule has 78 valence electrons. The molecule has 0 saturated carbocycles. The maximum Gasteiger partial charge on any atom is 0.133 e. The van der Waals surface area contributed by atoms with Crippen molar-refractivity contribution in [2.45, 2.75) is 19.8 Å². The second kappa shape index (κ2) is 4.42. The van der Waals surface area contributed by atoms with Crippen molar-refractivity contribution in [1.82, 2.24) is 0 Å². The van der Waals surface area contributed by atoms with Crippen molar-refractivity contribution in [2.75, 3.05) is 13.7 Å². The van der Waals surface area contributed by atoms with Crippen LogP contribution in [-0.2, 0) is 0 Å². The van der Waals surface area contributed by atoms with Gasteiger partial charge in [-0.15, -0.1) is 0 Å². The van der Waals surface area contributed by atoms with Crippen LogP contribution in [0.1, 0.15) is 24.0 Å². The number of hydrogen-bond acceptors (Lipinski definition) is 2. The van der Waals surface area contributed by atoms with E-state index >= 15 is 0 Å². The fourth-order valence-corrected chi connectivity index (χ4v) is 1.41. The van der Waals surface area contributed by atoms with Crippen molar-refractivity contribution in [3.63, 3.8) is 0 Å². The highest BCUT2D eigenvalue weighted by molar-refractivity contribution is 5.40. The van der Waals surface area contributed by atoms with Crippen LogP contribution in [0.25, 0.3) is 0 Å². The number of hydrogen-bond donors (Lipinski definition) is 1. The normalized spacial score (nSPS) is 12.6. The highest BCUT2D eigenvalue weighted by Crippen LogP contribution is 2.30. The van der Waals surface area contributed by atoms with Gasteiger partial charge in [0.2, 0.25) is 0 Å². The Hall–Kier alpha value is -1.09. The van der Waals surface area contributed by atoms with Crippen molar-refractivity contribution >= 4 is 0 Å². The lowest BCUT2D eigenvalue weighted by molar-refractivity contribution is 0.266. The fraction of sp³-hybridized carbons (Fsp3) is 0.455. The molecule has 0 spiro atoms. The Morgan fingerprint density at radius 3 is 2.64 bits per heavy atom. The molecule has 1 aromatic carbocycles. The van der Waals surface area contributed by atoms with Gasteiger partial charge in [0.15, 0.2) is 0 Å². The SMILES string of the molecule is COc1ccc(C)c(F)c1C(C)CO. The van der Waals surface area contributed by atoms with Gasteiger partial charge in [0, 0.05) is 18.1 Å². The van der Waals surface area contributed by atoms with Gasteiger partial charge in [-0.3, -0.25) is 0 Å². The van der Waals surface area contributed by atoms with Gasteiger partial charge < -0.3 is 9.84 Å². The fourth-order valence-electron chi connectivity index (χ4n) is 1.41. The van der Waals surface area contributed by atoms with Crippen LogP contribution in [0.15, 0.2) is 12.1 Å². The van der Waals surface area contributed by atoms with Crippen LogP contribution >= 0.6 is 0 Å². The van der Waals surface area contributed by atoms with Gasteiger partial charge in [0.25, 0.3) is 0 Å². The minimum atomic E-state index is -0.286.